The summed E-state index contributed by atoms with van der Waals surface area (Å²) in [5.41, 5.74) is 6.79. The Morgan fingerprint density at radius 3 is 2.55 bits per heavy atom. The van der Waals surface area contributed by atoms with Crippen molar-refractivity contribution in [3.05, 3.63) is 47.7 Å². The SMILES string of the molecule is CC(C)Cc1cc(N)nc(CSc2ccc(F)cc2)n1. The normalized spacial score (nSPS) is 11.0. The molecule has 1 aromatic heterocycles. The molecule has 0 amide bonds. The van der Waals surface area contributed by atoms with Crippen LogP contribution in [0.4, 0.5) is 10.2 Å². The molecular formula is C15H18FN3S. The van der Waals surface area contributed by atoms with Gasteiger partial charge in [0.25, 0.3) is 0 Å². The van der Waals surface area contributed by atoms with Gasteiger partial charge in [-0.25, -0.2) is 14.4 Å². The van der Waals surface area contributed by atoms with Crippen LogP contribution in [0, 0.1) is 11.7 Å². The summed E-state index contributed by atoms with van der Waals surface area (Å²) in [4.78, 5) is 9.75. The van der Waals surface area contributed by atoms with Gasteiger partial charge in [-0.05, 0) is 36.6 Å². The standard InChI is InChI=1S/C15H18FN3S/c1-10(2)7-12-8-14(17)19-15(18-12)9-20-13-5-3-11(16)4-6-13/h3-6,8,10H,7,9H2,1-2H3,(H2,17,18,19). The van der Waals surface area contributed by atoms with Crippen molar-refractivity contribution in [2.75, 3.05) is 5.73 Å². The summed E-state index contributed by atoms with van der Waals surface area (Å²) in [6.07, 6.45) is 0.890. The Kier molecular flexibility index (Phi) is 4.95. The van der Waals surface area contributed by atoms with E-state index in [9.17, 15) is 4.39 Å². The highest BCUT2D eigenvalue weighted by atomic mass is 32.2. The van der Waals surface area contributed by atoms with E-state index in [0.29, 0.717) is 17.5 Å². The maximum Gasteiger partial charge on any atom is 0.141 e. The lowest BCUT2D eigenvalue weighted by atomic mass is 10.1. The number of anilines is 1. The lowest BCUT2D eigenvalue weighted by Gasteiger charge is -2.07. The molecule has 1 heterocycles. The molecule has 106 valence electrons. The molecule has 0 aliphatic carbocycles. The largest absolute Gasteiger partial charge is 0.384 e. The molecule has 0 aliphatic rings. The zero-order chi connectivity index (χ0) is 14.5. The van der Waals surface area contributed by atoms with E-state index in [1.165, 1.54) is 12.1 Å². The van der Waals surface area contributed by atoms with Crippen molar-refractivity contribution < 1.29 is 4.39 Å². The van der Waals surface area contributed by atoms with Crippen LogP contribution in [-0.4, -0.2) is 9.97 Å². The topological polar surface area (TPSA) is 51.8 Å². The highest BCUT2D eigenvalue weighted by molar-refractivity contribution is 7.98. The van der Waals surface area contributed by atoms with Gasteiger partial charge in [-0.15, -0.1) is 11.8 Å². The fraction of sp³-hybridized carbons (Fsp3) is 0.333. The van der Waals surface area contributed by atoms with Crippen LogP contribution >= 0.6 is 11.8 Å². The summed E-state index contributed by atoms with van der Waals surface area (Å²) >= 11 is 1.57. The van der Waals surface area contributed by atoms with Crippen LogP contribution in [-0.2, 0) is 12.2 Å². The molecule has 1 aromatic carbocycles. The average Bonchev–Trinajstić information content (AvgIpc) is 2.36. The first kappa shape index (κ1) is 14.8. The fourth-order valence-electron chi connectivity index (χ4n) is 1.84. The molecule has 0 spiro atoms. The first-order chi connectivity index (χ1) is 9.52. The van der Waals surface area contributed by atoms with Gasteiger partial charge in [0.2, 0.25) is 0 Å². The van der Waals surface area contributed by atoms with Crippen LogP contribution in [0.2, 0.25) is 0 Å². The first-order valence-corrected chi connectivity index (χ1v) is 7.52. The van der Waals surface area contributed by atoms with E-state index in [2.05, 4.69) is 23.8 Å². The minimum atomic E-state index is -0.228. The van der Waals surface area contributed by atoms with Crippen molar-refractivity contribution in [1.29, 1.82) is 0 Å². The van der Waals surface area contributed by atoms with Gasteiger partial charge in [0, 0.05) is 16.7 Å². The average molecular weight is 291 g/mol. The number of aromatic nitrogens is 2. The minimum Gasteiger partial charge on any atom is -0.384 e. The number of rotatable bonds is 5. The zero-order valence-electron chi connectivity index (χ0n) is 11.6. The molecule has 5 heteroatoms. The molecular weight excluding hydrogens is 273 g/mol. The molecule has 3 nitrogen and oxygen atoms in total. The van der Waals surface area contributed by atoms with E-state index in [1.54, 1.807) is 23.9 Å². The highest BCUT2D eigenvalue weighted by Crippen LogP contribution is 2.22. The minimum absolute atomic E-state index is 0.228. The molecule has 20 heavy (non-hydrogen) atoms. The number of hydrogen-bond acceptors (Lipinski definition) is 4. The van der Waals surface area contributed by atoms with Crippen molar-refractivity contribution in [1.82, 2.24) is 9.97 Å². The number of nitrogens with zero attached hydrogens (tertiary/aromatic N) is 2. The van der Waals surface area contributed by atoms with Crippen LogP contribution in [0.3, 0.4) is 0 Å². The quantitative estimate of drug-likeness (QED) is 0.854. The van der Waals surface area contributed by atoms with Gasteiger partial charge in [0.05, 0.1) is 5.75 Å². The molecule has 2 N–H and O–H groups in total. The van der Waals surface area contributed by atoms with E-state index < -0.39 is 0 Å². The van der Waals surface area contributed by atoms with Gasteiger partial charge in [-0.2, -0.15) is 0 Å². The van der Waals surface area contributed by atoms with E-state index >= 15 is 0 Å². The van der Waals surface area contributed by atoms with Gasteiger partial charge < -0.3 is 5.73 Å². The van der Waals surface area contributed by atoms with Gasteiger partial charge in [-0.1, -0.05) is 13.8 Å². The Morgan fingerprint density at radius 2 is 1.90 bits per heavy atom. The summed E-state index contributed by atoms with van der Waals surface area (Å²) in [5, 5.41) is 0. The predicted octanol–water partition coefficient (Wildman–Crippen LogP) is 3.69. The third kappa shape index (κ3) is 4.49. The molecule has 0 bridgehead atoms. The number of nitrogens with two attached hydrogens (primary N) is 1. The summed E-state index contributed by atoms with van der Waals surface area (Å²) < 4.78 is 12.8. The third-order valence-corrected chi connectivity index (χ3v) is 3.65. The van der Waals surface area contributed by atoms with Gasteiger partial charge in [0.1, 0.15) is 17.5 Å². The highest BCUT2D eigenvalue weighted by Gasteiger charge is 2.06. The number of halogens is 1. The summed E-state index contributed by atoms with van der Waals surface area (Å²) in [6, 6.07) is 8.23. The maximum absolute atomic E-state index is 12.8. The van der Waals surface area contributed by atoms with E-state index in [0.717, 1.165) is 22.8 Å². The number of benzene rings is 1. The Labute approximate surface area is 122 Å². The second kappa shape index (κ2) is 6.70. The fourth-order valence-corrected chi connectivity index (χ4v) is 2.59. The zero-order valence-corrected chi connectivity index (χ0v) is 12.5. The van der Waals surface area contributed by atoms with Crippen molar-refractivity contribution in [2.45, 2.75) is 30.9 Å². The second-order valence-electron chi connectivity index (χ2n) is 5.04. The Bertz CT molecular complexity index is 570. The molecule has 0 saturated heterocycles. The van der Waals surface area contributed by atoms with Crippen LogP contribution in [0.1, 0.15) is 25.4 Å². The Morgan fingerprint density at radius 1 is 1.20 bits per heavy atom. The molecule has 2 rings (SSSR count). The molecule has 0 saturated carbocycles. The van der Waals surface area contributed by atoms with Crippen molar-refractivity contribution in [3.8, 4) is 0 Å². The summed E-state index contributed by atoms with van der Waals surface area (Å²) in [5.74, 6) is 2.15. The van der Waals surface area contributed by atoms with Crippen LogP contribution in [0.15, 0.2) is 35.2 Å². The number of thioether (sulfide) groups is 1. The molecule has 0 radical (unpaired) electrons. The molecule has 2 aromatic rings. The lowest BCUT2D eigenvalue weighted by Crippen LogP contribution is -2.05. The van der Waals surface area contributed by atoms with Gasteiger partial charge >= 0.3 is 0 Å². The van der Waals surface area contributed by atoms with Crippen LogP contribution in [0.5, 0.6) is 0 Å². The van der Waals surface area contributed by atoms with Gasteiger partial charge in [0.15, 0.2) is 0 Å². The van der Waals surface area contributed by atoms with Crippen LogP contribution < -0.4 is 5.73 Å². The van der Waals surface area contributed by atoms with Crippen molar-refractivity contribution in [3.63, 3.8) is 0 Å². The van der Waals surface area contributed by atoms with Gasteiger partial charge in [-0.3, -0.25) is 0 Å². The third-order valence-electron chi connectivity index (χ3n) is 2.64. The monoisotopic (exact) mass is 291 g/mol. The van der Waals surface area contributed by atoms with Crippen molar-refractivity contribution >= 4 is 17.6 Å². The summed E-state index contributed by atoms with van der Waals surface area (Å²) in [6.45, 7) is 4.29. The van der Waals surface area contributed by atoms with E-state index in [1.807, 2.05) is 6.07 Å². The molecule has 0 unspecified atom stereocenters. The summed E-state index contributed by atoms with van der Waals surface area (Å²) in [7, 11) is 0. The lowest BCUT2D eigenvalue weighted by molar-refractivity contribution is 0.626. The maximum atomic E-state index is 12.8. The molecule has 0 aliphatic heterocycles. The first-order valence-electron chi connectivity index (χ1n) is 6.53. The smallest absolute Gasteiger partial charge is 0.141 e. The number of hydrogen-bond donors (Lipinski definition) is 1. The number of nitrogen functional groups attached to an aromatic ring is 1. The van der Waals surface area contributed by atoms with E-state index in [4.69, 9.17) is 5.73 Å². The Balaban J connectivity index is 2.05. The van der Waals surface area contributed by atoms with Crippen molar-refractivity contribution in [2.24, 2.45) is 5.92 Å². The van der Waals surface area contributed by atoms with E-state index in [-0.39, 0.29) is 5.82 Å². The second-order valence-corrected chi connectivity index (χ2v) is 6.09. The Hall–Kier alpha value is -1.62. The van der Waals surface area contributed by atoms with Crippen LogP contribution in [0.25, 0.3) is 0 Å². The predicted molar refractivity (Wildman–Crippen MR) is 80.9 cm³/mol. The molecule has 0 atom stereocenters. The molecule has 0 fully saturated rings.